The second kappa shape index (κ2) is 2.34. The van der Waals surface area contributed by atoms with Gasteiger partial charge in [0.25, 0.3) is 5.87 Å². The third-order valence-electron chi connectivity index (χ3n) is 0.784. The van der Waals surface area contributed by atoms with Crippen molar-refractivity contribution in [2.75, 3.05) is 0 Å². The Morgan fingerprint density at radius 2 is 2.56 bits per heavy atom. The summed E-state index contributed by atoms with van der Waals surface area (Å²) < 4.78 is 1.36. The third kappa shape index (κ3) is 1.60. The molecule has 4 nitrogen and oxygen atoms in total. The molecule has 0 aromatic carbocycles. The molecule has 0 aliphatic carbocycles. The van der Waals surface area contributed by atoms with Crippen LogP contribution in [0, 0.1) is 0 Å². The van der Waals surface area contributed by atoms with Crippen molar-refractivity contribution in [1.82, 2.24) is 9.46 Å². The number of imidazole rings is 1. The Hall–Kier alpha value is -1.26. The maximum absolute atomic E-state index is 9.96. The minimum Gasteiger partial charge on any atom is -0.488 e. The molecule has 1 aromatic rings. The normalized spacial score (nSPS) is 8.89. The first kappa shape index (κ1) is 5.87. The van der Waals surface area contributed by atoms with Crippen molar-refractivity contribution in [3.63, 3.8) is 0 Å². The number of hydrogen-bond donors (Lipinski definition) is 1. The molecule has 0 aliphatic rings. The molecule has 1 rings (SSSR count). The number of aromatic nitrogens is 2. The molecule has 9 heavy (non-hydrogen) atoms. The average Bonchev–Trinajstić information content (AvgIpc) is 2.15. The van der Waals surface area contributed by atoms with E-state index in [9.17, 15) is 4.79 Å². The summed E-state index contributed by atoms with van der Waals surface area (Å²) in [4.78, 5) is 13.6. The Morgan fingerprint density at radius 3 is 3.00 bits per heavy atom. The summed E-state index contributed by atoms with van der Waals surface area (Å²) in [5.41, 5.74) is 0. The molecule has 1 aromatic heterocycles. The summed E-state index contributed by atoms with van der Waals surface area (Å²) in [6, 6.07) is 0. The Labute approximate surface area is 52.4 Å². The van der Waals surface area contributed by atoms with Gasteiger partial charge in [-0.2, -0.15) is 0 Å². The van der Waals surface area contributed by atoms with E-state index in [0.717, 1.165) is 7.41 Å². The van der Waals surface area contributed by atoms with E-state index in [4.69, 9.17) is 5.11 Å². The second-order valence-corrected chi connectivity index (χ2v) is 1.48. The third-order valence-corrected chi connectivity index (χ3v) is 0.784. The van der Waals surface area contributed by atoms with Crippen LogP contribution in [0.15, 0.2) is 18.7 Å². The predicted octanol–water partition coefficient (Wildman–Crippen LogP) is 0.0284. The average molecular weight is 123 g/mol. The van der Waals surface area contributed by atoms with Crippen LogP contribution >= 0.6 is 0 Å². The minimum atomic E-state index is -0.979. The molecule has 45 valence electrons. The molecule has 0 fully saturated rings. The molecule has 0 bridgehead atoms. The highest BCUT2D eigenvalue weighted by atomic mass is 16.4. The highest BCUT2D eigenvalue weighted by molar-refractivity contribution is 6.70. The Balaban J connectivity index is 2.58. The first-order valence-corrected chi connectivity index (χ1v) is 2.34. The fourth-order valence-electron chi connectivity index (χ4n) is 0.473. The summed E-state index contributed by atoms with van der Waals surface area (Å²) >= 11 is 0. The number of rotatable bonds is 2. The van der Waals surface area contributed by atoms with E-state index < -0.39 is 5.87 Å². The van der Waals surface area contributed by atoms with Crippen molar-refractivity contribution < 1.29 is 9.90 Å². The van der Waals surface area contributed by atoms with Gasteiger partial charge < -0.3 is 9.58 Å². The quantitative estimate of drug-likeness (QED) is 0.564. The standard InChI is InChI=1S/C4H4BN2O2/c8-4(9)5-7-2-1-6-3-7/h1-3H,(H,8,9). The molecule has 1 N–H and O–H groups in total. The van der Waals surface area contributed by atoms with E-state index in [0.29, 0.717) is 0 Å². The van der Waals surface area contributed by atoms with E-state index in [-0.39, 0.29) is 0 Å². The molecule has 0 amide bonds. The number of nitrogens with zero attached hydrogens (tertiary/aromatic N) is 2. The molecule has 0 aliphatic heterocycles. The lowest BCUT2D eigenvalue weighted by Gasteiger charge is -1.88. The zero-order valence-corrected chi connectivity index (χ0v) is 4.56. The topological polar surface area (TPSA) is 55.1 Å². The van der Waals surface area contributed by atoms with Crippen LogP contribution in [0.2, 0.25) is 0 Å². The Morgan fingerprint density at radius 1 is 1.78 bits per heavy atom. The molecule has 0 saturated heterocycles. The maximum atomic E-state index is 9.96. The summed E-state index contributed by atoms with van der Waals surface area (Å²) in [6.45, 7) is 0. The van der Waals surface area contributed by atoms with Gasteiger partial charge in [0.1, 0.15) is 0 Å². The SMILES string of the molecule is O=C(O)[B]n1ccnc1. The number of hydrogen-bond acceptors (Lipinski definition) is 2. The molecule has 0 unspecified atom stereocenters. The molecule has 0 spiro atoms. The molecule has 5 heteroatoms. The van der Waals surface area contributed by atoms with Crippen LogP contribution in [0.1, 0.15) is 0 Å². The number of carbonyl (C=O) groups is 1. The zero-order valence-electron chi connectivity index (χ0n) is 4.56. The van der Waals surface area contributed by atoms with Crippen LogP contribution in [0.5, 0.6) is 0 Å². The van der Waals surface area contributed by atoms with E-state index in [1.54, 1.807) is 6.20 Å². The predicted molar refractivity (Wildman–Crippen MR) is 31.4 cm³/mol. The Bertz CT molecular complexity index is 196. The van der Waals surface area contributed by atoms with Crippen molar-refractivity contribution in [3.05, 3.63) is 18.7 Å². The molecule has 1 heterocycles. The van der Waals surface area contributed by atoms with E-state index in [1.807, 2.05) is 0 Å². The molecule has 0 atom stereocenters. The van der Waals surface area contributed by atoms with Crippen molar-refractivity contribution in [2.45, 2.75) is 0 Å². The van der Waals surface area contributed by atoms with Crippen molar-refractivity contribution >= 4 is 13.3 Å². The van der Waals surface area contributed by atoms with Gasteiger partial charge in [0.05, 0.1) is 6.33 Å². The highest BCUT2D eigenvalue weighted by Crippen LogP contribution is 1.79. The largest absolute Gasteiger partial charge is 0.488 e. The van der Waals surface area contributed by atoms with E-state index >= 15 is 0 Å². The van der Waals surface area contributed by atoms with Crippen molar-refractivity contribution in [1.29, 1.82) is 0 Å². The molecule has 0 saturated carbocycles. The van der Waals surface area contributed by atoms with Crippen molar-refractivity contribution in [2.24, 2.45) is 0 Å². The first-order valence-electron chi connectivity index (χ1n) is 2.34. The minimum absolute atomic E-state index is 0.979. The smallest absolute Gasteiger partial charge is 0.398 e. The fourth-order valence-corrected chi connectivity index (χ4v) is 0.473. The van der Waals surface area contributed by atoms with Gasteiger partial charge in [-0.25, -0.2) is 4.98 Å². The van der Waals surface area contributed by atoms with Crippen LogP contribution in [-0.2, 0) is 0 Å². The molecular weight excluding hydrogens is 119 g/mol. The fraction of sp³-hybridized carbons (Fsp3) is 0. The summed E-state index contributed by atoms with van der Waals surface area (Å²) in [5, 5.41) is 8.18. The van der Waals surface area contributed by atoms with Gasteiger partial charge in [-0.05, 0) is 0 Å². The monoisotopic (exact) mass is 123 g/mol. The van der Waals surface area contributed by atoms with Gasteiger partial charge in [0.15, 0.2) is 0 Å². The lowest BCUT2D eigenvalue weighted by molar-refractivity contribution is 0.219. The Kier molecular flexibility index (Phi) is 1.53. The van der Waals surface area contributed by atoms with Gasteiger partial charge in [0.2, 0.25) is 0 Å². The van der Waals surface area contributed by atoms with Gasteiger partial charge >= 0.3 is 7.41 Å². The number of carboxylic acid groups (broad SMARTS) is 1. The van der Waals surface area contributed by atoms with Gasteiger partial charge in [-0.15, -0.1) is 0 Å². The second-order valence-electron chi connectivity index (χ2n) is 1.48. The zero-order chi connectivity index (χ0) is 6.69. The van der Waals surface area contributed by atoms with Crippen molar-refractivity contribution in [3.8, 4) is 0 Å². The first-order chi connectivity index (χ1) is 4.29. The van der Waals surface area contributed by atoms with Crippen LogP contribution in [0.4, 0.5) is 4.79 Å². The van der Waals surface area contributed by atoms with Crippen LogP contribution in [0.25, 0.3) is 0 Å². The molecule has 1 radical (unpaired) electrons. The van der Waals surface area contributed by atoms with Gasteiger partial charge in [-0.1, -0.05) is 0 Å². The lowest BCUT2D eigenvalue weighted by atomic mass is 9.96. The van der Waals surface area contributed by atoms with Crippen LogP contribution in [0.3, 0.4) is 0 Å². The lowest BCUT2D eigenvalue weighted by Crippen LogP contribution is -2.13. The summed E-state index contributed by atoms with van der Waals surface area (Å²) in [7, 11) is 1.02. The van der Waals surface area contributed by atoms with E-state index in [1.165, 1.54) is 17.0 Å². The maximum Gasteiger partial charge on any atom is 0.398 e. The van der Waals surface area contributed by atoms with E-state index in [2.05, 4.69) is 4.98 Å². The van der Waals surface area contributed by atoms with Gasteiger partial charge in [0, 0.05) is 12.4 Å². The molecular formula is C4H4BN2O2. The summed E-state index contributed by atoms with van der Waals surface area (Å²) in [6.07, 6.45) is 4.47. The van der Waals surface area contributed by atoms with Crippen LogP contribution in [-0.4, -0.2) is 27.9 Å². The van der Waals surface area contributed by atoms with Crippen LogP contribution < -0.4 is 0 Å². The highest BCUT2D eigenvalue weighted by Gasteiger charge is 2.00. The summed E-state index contributed by atoms with van der Waals surface area (Å²) in [5.74, 6) is -0.979. The van der Waals surface area contributed by atoms with Gasteiger partial charge in [-0.3, -0.25) is 4.79 Å².